The number of amides is 1. The number of aliphatic carboxylic acids is 1. The van der Waals surface area contributed by atoms with Gasteiger partial charge in [-0.3, -0.25) is 4.79 Å². The Morgan fingerprint density at radius 3 is 2.28 bits per heavy atom. The standard InChI is InChI=1S/C21H22N2O5S/c1-3-13(2)17(21(25)26)23-18-15-11-7-8-12-16(15)29(27,28)19(18)20(24)22-14-9-5-4-6-10-14/h4-13,17,23H,3H2,1-2H3,(H,22,24)(H,25,26)/t13-,17-/m1/s1. The zero-order valence-electron chi connectivity index (χ0n) is 16.0. The van der Waals surface area contributed by atoms with E-state index in [1.807, 2.05) is 6.92 Å². The first-order chi connectivity index (χ1) is 13.8. The van der Waals surface area contributed by atoms with E-state index in [1.165, 1.54) is 6.07 Å². The van der Waals surface area contributed by atoms with Gasteiger partial charge in [0.25, 0.3) is 5.91 Å². The molecule has 0 saturated heterocycles. The second-order valence-corrected chi connectivity index (χ2v) is 8.72. The molecule has 29 heavy (non-hydrogen) atoms. The van der Waals surface area contributed by atoms with Crippen molar-refractivity contribution in [1.82, 2.24) is 5.32 Å². The summed E-state index contributed by atoms with van der Waals surface area (Å²) < 4.78 is 26.2. The Balaban J connectivity index is 2.12. The van der Waals surface area contributed by atoms with Crippen molar-refractivity contribution >= 4 is 33.1 Å². The lowest BCUT2D eigenvalue weighted by atomic mass is 9.98. The molecule has 0 spiro atoms. The lowest BCUT2D eigenvalue weighted by Crippen LogP contribution is -2.41. The van der Waals surface area contributed by atoms with Gasteiger partial charge in [0.1, 0.15) is 6.04 Å². The molecule has 152 valence electrons. The highest BCUT2D eigenvalue weighted by Gasteiger charge is 2.41. The first-order valence-corrected chi connectivity index (χ1v) is 10.7. The minimum Gasteiger partial charge on any atom is -0.480 e. The number of para-hydroxylation sites is 1. The van der Waals surface area contributed by atoms with Gasteiger partial charge >= 0.3 is 5.97 Å². The maximum atomic E-state index is 13.1. The molecule has 1 heterocycles. The Morgan fingerprint density at radius 1 is 1.03 bits per heavy atom. The van der Waals surface area contributed by atoms with E-state index in [1.54, 1.807) is 55.5 Å². The average molecular weight is 414 g/mol. The second-order valence-electron chi connectivity index (χ2n) is 6.87. The molecule has 3 rings (SSSR count). The number of nitrogens with one attached hydrogen (secondary N) is 2. The van der Waals surface area contributed by atoms with Crippen LogP contribution >= 0.6 is 0 Å². The number of rotatable bonds is 7. The third-order valence-electron chi connectivity index (χ3n) is 4.96. The van der Waals surface area contributed by atoms with Gasteiger partial charge in [-0.1, -0.05) is 56.7 Å². The predicted molar refractivity (Wildman–Crippen MR) is 110 cm³/mol. The minimum atomic E-state index is -4.11. The molecule has 0 fully saturated rings. The number of sulfone groups is 1. The fraction of sp³-hybridized carbons (Fsp3) is 0.238. The molecule has 1 aliphatic rings. The summed E-state index contributed by atoms with van der Waals surface area (Å²) in [7, 11) is -4.11. The zero-order chi connectivity index (χ0) is 21.2. The van der Waals surface area contributed by atoms with E-state index in [0.717, 1.165) is 0 Å². The van der Waals surface area contributed by atoms with Crippen LogP contribution in [0.25, 0.3) is 5.70 Å². The molecule has 0 bridgehead atoms. The van der Waals surface area contributed by atoms with Crippen LogP contribution in [0.15, 0.2) is 64.4 Å². The number of carbonyl (C=O) groups is 2. The Labute approximate surface area is 169 Å². The lowest BCUT2D eigenvalue weighted by molar-refractivity contribution is -0.140. The first kappa shape index (κ1) is 20.6. The van der Waals surface area contributed by atoms with Gasteiger partial charge in [-0.05, 0) is 24.1 Å². The molecule has 2 aromatic carbocycles. The lowest BCUT2D eigenvalue weighted by Gasteiger charge is -2.22. The quantitative estimate of drug-likeness (QED) is 0.642. The van der Waals surface area contributed by atoms with E-state index in [2.05, 4.69) is 10.6 Å². The molecule has 2 atom stereocenters. The number of carboxylic acids is 1. The molecule has 0 radical (unpaired) electrons. The Kier molecular flexibility index (Phi) is 5.74. The molecule has 0 aliphatic carbocycles. The molecule has 0 aromatic heterocycles. The van der Waals surface area contributed by atoms with Crippen LogP contribution in [0.1, 0.15) is 25.8 Å². The predicted octanol–water partition coefficient (Wildman–Crippen LogP) is 2.87. The van der Waals surface area contributed by atoms with Crippen molar-refractivity contribution in [1.29, 1.82) is 0 Å². The van der Waals surface area contributed by atoms with E-state index < -0.39 is 32.7 Å². The summed E-state index contributed by atoms with van der Waals surface area (Å²) in [4.78, 5) is 24.3. The highest BCUT2D eigenvalue weighted by molar-refractivity contribution is 7.97. The number of benzene rings is 2. The fourth-order valence-electron chi connectivity index (χ4n) is 3.20. The summed E-state index contributed by atoms with van der Waals surface area (Å²) in [5.41, 5.74) is 0.745. The number of carboxylic acid groups (broad SMARTS) is 1. The van der Waals surface area contributed by atoms with Crippen LogP contribution in [0, 0.1) is 5.92 Å². The van der Waals surface area contributed by atoms with Crippen molar-refractivity contribution in [3.63, 3.8) is 0 Å². The van der Waals surface area contributed by atoms with Crippen LogP contribution in [0.4, 0.5) is 5.69 Å². The van der Waals surface area contributed by atoms with Gasteiger partial charge in [-0.25, -0.2) is 13.2 Å². The van der Waals surface area contributed by atoms with Gasteiger partial charge in [0, 0.05) is 11.3 Å². The van der Waals surface area contributed by atoms with Crippen molar-refractivity contribution in [2.24, 2.45) is 5.92 Å². The molecule has 1 aliphatic heterocycles. The van der Waals surface area contributed by atoms with E-state index in [9.17, 15) is 23.1 Å². The number of carbonyl (C=O) groups excluding carboxylic acids is 1. The van der Waals surface area contributed by atoms with Gasteiger partial charge in [-0.15, -0.1) is 0 Å². The average Bonchev–Trinajstić information content (AvgIpc) is 2.93. The molecule has 1 amide bonds. The van der Waals surface area contributed by atoms with Crippen molar-refractivity contribution in [3.8, 4) is 0 Å². The first-order valence-electron chi connectivity index (χ1n) is 9.21. The summed E-state index contributed by atoms with van der Waals surface area (Å²) in [5, 5.41) is 15.1. The van der Waals surface area contributed by atoms with Gasteiger partial charge in [0.15, 0.2) is 4.91 Å². The minimum absolute atomic E-state index is 0.0155. The van der Waals surface area contributed by atoms with Crippen molar-refractivity contribution in [3.05, 3.63) is 65.1 Å². The van der Waals surface area contributed by atoms with Crippen LogP contribution in [-0.4, -0.2) is 31.4 Å². The van der Waals surface area contributed by atoms with Gasteiger partial charge < -0.3 is 15.7 Å². The third-order valence-corrected chi connectivity index (χ3v) is 6.82. The number of fused-ring (bicyclic) bond motifs is 1. The molecular weight excluding hydrogens is 392 g/mol. The number of anilines is 1. The number of hydrogen-bond donors (Lipinski definition) is 3. The van der Waals surface area contributed by atoms with Crippen molar-refractivity contribution in [2.75, 3.05) is 5.32 Å². The summed E-state index contributed by atoms with van der Waals surface area (Å²) >= 11 is 0. The van der Waals surface area contributed by atoms with E-state index >= 15 is 0 Å². The van der Waals surface area contributed by atoms with Crippen LogP contribution < -0.4 is 10.6 Å². The summed E-state index contributed by atoms with van der Waals surface area (Å²) in [6.45, 7) is 3.60. The maximum Gasteiger partial charge on any atom is 0.326 e. The van der Waals surface area contributed by atoms with Gasteiger partial charge in [0.05, 0.1) is 10.6 Å². The summed E-state index contributed by atoms with van der Waals surface area (Å²) in [6, 6.07) is 13.6. The maximum absolute atomic E-state index is 13.1. The molecule has 8 heteroatoms. The van der Waals surface area contributed by atoms with E-state index in [4.69, 9.17) is 0 Å². The van der Waals surface area contributed by atoms with E-state index in [-0.39, 0.29) is 16.5 Å². The second kappa shape index (κ2) is 8.08. The molecule has 7 nitrogen and oxygen atoms in total. The highest BCUT2D eigenvalue weighted by Crippen LogP contribution is 2.38. The monoisotopic (exact) mass is 414 g/mol. The normalized spacial score (nSPS) is 16.6. The van der Waals surface area contributed by atoms with E-state index in [0.29, 0.717) is 17.7 Å². The Morgan fingerprint density at radius 2 is 1.66 bits per heavy atom. The molecule has 2 aromatic rings. The Hall–Kier alpha value is -3.13. The smallest absolute Gasteiger partial charge is 0.326 e. The Bertz CT molecular complexity index is 1080. The van der Waals surface area contributed by atoms with Gasteiger partial charge in [0.2, 0.25) is 9.84 Å². The highest BCUT2D eigenvalue weighted by atomic mass is 32.2. The van der Waals surface area contributed by atoms with Crippen LogP contribution in [-0.2, 0) is 19.4 Å². The number of hydrogen-bond acceptors (Lipinski definition) is 5. The van der Waals surface area contributed by atoms with Crippen LogP contribution in [0.3, 0.4) is 0 Å². The van der Waals surface area contributed by atoms with Crippen LogP contribution in [0.5, 0.6) is 0 Å². The fourth-order valence-corrected chi connectivity index (χ4v) is 4.87. The van der Waals surface area contributed by atoms with Gasteiger partial charge in [-0.2, -0.15) is 0 Å². The molecule has 0 saturated carbocycles. The SMILES string of the molecule is CC[C@@H](C)[C@@H](NC1=C(C(=O)Nc2ccccc2)S(=O)(=O)c2ccccc21)C(=O)O. The largest absolute Gasteiger partial charge is 0.480 e. The third kappa shape index (κ3) is 3.88. The molecule has 3 N–H and O–H groups in total. The summed E-state index contributed by atoms with van der Waals surface area (Å²) in [5.74, 6) is -2.21. The molecule has 0 unspecified atom stereocenters. The zero-order valence-corrected chi connectivity index (χ0v) is 16.9. The van der Waals surface area contributed by atoms with Crippen molar-refractivity contribution < 1.29 is 23.1 Å². The topological polar surface area (TPSA) is 113 Å². The molecular formula is C21H22N2O5S. The van der Waals surface area contributed by atoms with Crippen LogP contribution in [0.2, 0.25) is 0 Å². The summed E-state index contributed by atoms with van der Waals surface area (Å²) in [6.07, 6.45) is 0.567. The van der Waals surface area contributed by atoms with Crippen molar-refractivity contribution in [2.45, 2.75) is 31.2 Å².